The minimum atomic E-state index is -0.958. The number of fused-ring (bicyclic) bond motifs is 1. The average Bonchev–Trinajstić information content (AvgIpc) is 2.85. The average molecular weight is 388 g/mol. The lowest BCUT2D eigenvalue weighted by Crippen LogP contribution is -2.68. The molecule has 8 heteroatoms. The first-order valence-electron chi connectivity index (χ1n) is 9.93. The summed E-state index contributed by atoms with van der Waals surface area (Å²) in [6.45, 7) is 8.37. The maximum Gasteiger partial charge on any atom is 0.227 e. The van der Waals surface area contributed by atoms with Gasteiger partial charge >= 0.3 is 0 Å². The van der Waals surface area contributed by atoms with Crippen LogP contribution in [-0.4, -0.2) is 73.5 Å². The minimum absolute atomic E-state index is 0.0114. The van der Waals surface area contributed by atoms with Crippen molar-refractivity contribution in [3.8, 4) is 0 Å². The van der Waals surface area contributed by atoms with Gasteiger partial charge in [-0.2, -0.15) is 0 Å². The largest absolute Gasteiger partial charge is 0.340 e. The molecular weight excluding hydrogens is 357 g/mol. The number of halogens is 2. The van der Waals surface area contributed by atoms with E-state index in [9.17, 15) is 9.18 Å². The number of amides is 1. The Kier molecular flexibility index (Phi) is 5.20. The molecule has 4 aliphatic rings. The van der Waals surface area contributed by atoms with Crippen LogP contribution in [0.15, 0.2) is 0 Å². The van der Waals surface area contributed by atoms with Crippen LogP contribution in [0, 0.1) is 17.3 Å². The van der Waals surface area contributed by atoms with Crippen molar-refractivity contribution >= 4 is 17.5 Å². The summed E-state index contributed by atoms with van der Waals surface area (Å²) in [6.07, 6.45) is 0.0739. The molecule has 0 aromatic carbocycles. The van der Waals surface area contributed by atoms with Gasteiger partial charge in [-0.1, -0.05) is 13.8 Å². The number of hydrogen-bond acceptors (Lipinski definition) is 5. The second-order valence-corrected chi connectivity index (χ2v) is 9.36. The molecule has 0 radical (unpaired) electrons. The van der Waals surface area contributed by atoms with Crippen LogP contribution in [0.1, 0.15) is 26.7 Å². The van der Waals surface area contributed by atoms with E-state index in [0.717, 1.165) is 39.1 Å². The Labute approximate surface area is 160 Å². The fourth-order valence-electron chi connectivity index (χ4n) is 5.52. The summed E-state index contributed by atoms with van der Waals surface area (Å²) >= 11 is 6.68. The molecule has 0 aliphatic carbocycles. The predicted molar refractivity (Wildman–Crippen MR) is 99.6 cm³/mol. The molecule has 0 aromatic heterocycles. The Hall–Kier alpha value is -0.470. The van der Waals surface area contributed by atoms with Gasteiger partial charge in [0.15, 0.2) is 0 Å². The third-order valence-corrected chi connectivity index (χ3v) is 7.37. The molecule has 4 N–H and O–H groups in total. The van der Waals surface area contributed by atoms with E-state index in [4.69, 9.17) is 11.6 Å². The number of carbonyl (C=O) groups is 1. The zero-order valence-corrected chi connectivity index (χ0v) is 16.4. The van der Waals surface area contributed by atoms with E-state index < -0.39 is 11.6 Å². The van der Waals surface area contributed by atoms with Crippen LogP contribution in [0.2, 0.25) is 0 Å². The van der Waals surface area contributed by atoms with Gasteiger partial charge in [-0.25, -0.2) is 4.39 Å². The molecule has 4 rings (SSSR count). The fourth-order valence-corrected chi connectivity index (χ4v) is 5.95. The van der Waals surface area contributed by atoms with E-state index in [1.54, 1.807) is 0 Å². The van der Waals surface area contributed by atoms with Crippen LogP contribution in [0.5, 0.6) is 0 Å². The Bertz CT molecular complexity index is 544. The number of piperidine rings is 2. The number of hydrogen-bond donors (Lipinski definition) is 4. The topological polar surface area (TPSA) is 68.4 Å². The monoisotopic (exact) mass is 387 g/mol. The van der Waals surface area contributed by atoms with Crippen LogP contribution < -0.4 is 21.3 Å². The molecule has 6 nitrogen and oxygen atoms in total. The Morgan fingerprint density at radius 2 is 1.96 bits per heavy atom. The molecule has 4 heterocycles. The van der Waals surface area contributed by atoms with Crippen molar-refractivity contribution in [1.29, 1.82) is 0 Å². The second kappa shape index (κ2) is 7.17. The third kappa shape index (κ3) is 3.15. The first-order chi connectivity index (χ1) is 12.4. The Balaban J connectivity index is 1.55. The van der Waals surface area contributed by atoms with E-state index in [0.29, 0.717) is 6.42 Å². The summed E-state index contributed by atoms with van der Waals surface area (Å²) in [7, 11) is 0. The summed E-state index contributed by atoms with van der Waals surface area (Å²) in [5, 5.41) is 13.2. The number of nitrogens with one attached hydrogen (secondary N) is 4. The highest BCUT2D eigenvalue weighted by atomic mass is 35.5. The molecule has 4 fully saturated rings. The van der Waals surface area contributed by atoms with Crippen LogP contribution >= 0.6 is 11.6 Å². The lowest BCUT2D eigenvalue weighted by Gasteiger charge is -2.50. The van der Waals surface area contributed by atoms with Crippen molar-refractivity contribution in [3.05, 3.63) is 0 Å². The van der Waals surface area contributed by atoms with Crippen molar-refractivity contribution in [2.75, 3.05) is 32.7 Å². The van der Waals surface area contributed by atoms with Gasteiger partial charge in [-0.05, 0) is 25.3 Å². The predicted octanol–water partition coefficient (Wildman–Crippen LogP) is 0.233. The van der Waals surface area contributed by atoms with Crippen LogP contribution in [0.25, 0.3) is 0 Å². The number of nitrogens with zero attached hydrogens (tertiary/aromatic N) is 1. The summed E-state index contributed by atoms with van der Waals surface area (Å²) < 4.78 is 14.8. The number of rotatable bonds is 2. The molecule has 4 aliphatic heterocycles. The second-order valence-electron chi connectivity index (χ2n) is 8.80. The van der Waals surface area contributed by atoms with Gasteiger partial charge in [0.1, 0.15) is 6.17 Å². The van der Waals surface area contributed by atoms with Crippen molar-refractivity contribution in [2.45, 2.75) is 56.6 Å². The maximum absolute atomic E-state index is 14.8. The fraction of sp³-hybridized carbons (Fsp3) is 0.944. The maximum atomic E-state index is 14.8. The van der Waals surface area contributed by atoms with Crippen LogP contribution in [-0.2, 0) is 4.79 Å². The quantitative estimate of drug-likeness (QED) is 0.511. The standard InChI is InChI=1S/C18H31ClFN5O/c1-18(2)13-10(3-4-22-15(13)24-17(18)26)14-11(19)9-12(20)16(23-14)25-7-5-21-6-8-25/h10-16,21-23H,3-9H2,1-2H3,(H,24,26). The molecule has 1 amide bonds. The van der Waals surface area contributed by atoms with Gasteiger partial charge in [-0.3, -0.25) is 20.3 Å². The van der Waals surface area contributed by atoms with Gasteiger partial charge in [0.2, 0.25) is 5.91 Å². The van der Waals surface area contributed by atoms with E-state index in [2.05, 4.69) is 26.2 Å². The van der Waals surface area contributed by atoms with E-state index in [-0.39, 0.29) is 41.5 Å². The molecule has 0 saturated carbocycles. The molecule has 26 heavy (non-hydrogen) atoms. The summed E-state index contributed by atoms with van der Waals surface area (Å²) in [5.41, 5.74) is -0.446. The van der Waals surface area contributed by atoms with Crippen molar-refractivity contribution in [2.24, 2.45) is 17.3 Å². The van der Waals surface area contributed by atoms with Crippen molar-refractivity contribution < 1.29 is 9.18 Å². The molecule has 148 valence electrons. The van der Waals surface area contributed by atoms with E-state index >= 15 is 0 Å². The molecular formula is C18H31ClFN5O. The number of piperazine rings is 1. The minimum Gasteiger partial charge on any atom is -0.340 e. The zero-order chi connectivity index (χ0) is 18.5. The smallest absolute Gasteiger partial charge is 0.227 e. The van der Waals surface area contributed by atoms with Crippen LogP contribution in [0.4, 0.5) is 4.39 Å². The Morgan fingerprint density at radius 1 is 1.23 bits per heavy atom. The lowest BCUT2D eigenvalue weighted by molar-refractivity contribution is -0.128. The lowest BCUT2D eigenvalue weighted by atomic mass is 9.66. The molecule has 7 unspecified atom stereocenters. The summed E-state index contributed by atoms with van der Waals surface area (Å²) in [6, 6.07) is 0.0186. The SMILES string of the molecule is CC1(C)C(=O)NC2NCCC(C3NC(N4CCNCC4)C(F)CC3Cl)C21. The molecule has 0 aromatic rings. The summed E-state index contributed by atoms with van der Waals surface area (Å²) in [5.74, 6) is 0.494. The van der Waals surface area contributed by atoms with E-state index in [1.165, 1.54) is 0 Å². The third-order valence-electron chi connectivity index (χ3n) is 6.92. The van der Waals surface area contributed by atoms with Gasteiger partial charge in [-0.15, -0.1) is 11.6 Å². The molecule has 0 spiro atoms. The van der Waals surface area contributed by atoms with Gasteiger partial charge in [0.25, 0.3) is 0 Å². The normalized spacial score (nSPS) is 46.6. The van der Waals surface area contributed by atoms with Crippen LogP contribution in [0.3, 0.4) is 0 Å². The molecule has 4 saturated heterocycles. The highest BCUT2D eigenvalue weighted by Crippen LogP contribution is 2.46. The summed E-state index contributed by atoms with van der Waals surface area (Å²) in [4.78, 5) is 14.7. The highest BCUT2D eigenvalue weighted by Gasteiger charge is 2.56. The van der Waals surface area contributed by atoms with Gasteiger partial charge in [0.05, 0.1) is 17.7 Å². The highest BCUT2D eigenvalue weighted by molar-refractivity contribution is 6.21. The number of alkyl halides is 2. The first-order valence-corrected chi connectivity index (χ1v) is 10.4. The first kappa shape index (κ1) is 18.9. The van der Waals surface area contributed by atoms with Gasteiger partial charge < -0.3 is 10.6 Å². The Morgan fingerprint density at radius 3 is 2.69 bits per heavy atom. The molecule has 7 atom stereocenters. The number of carbonyl (C=O) groups excluding carboxylic acids is 1. The van der Waals surface area contributed by atoms with E-state index in [1.807, 2.05) is 13.8 Å². The van der Waals surface area contributed by atoms with Crippen molar-refractivity contribution in [3.63, 3.8) is 0 Å². The zero-order valence-electron chi connectivity index (χ0n) is 15.6. The van der Waals surface area contributed by atoms with Crippen molar-refractivity contribution in [1.82, 2.24) is 26.2 Å². The van der Waals surface area contributed by atoms with Gasteiger partial charge in [0, 0.05) is 43.6 Å². The molecule has 0 bridgehead atoms.